The number of carboxylic acids is 1. The van der Waals surface area contributed by atoms with E-state index in [0.717, 1.165) is 16.9 Å². The maximum absolute atomic E-state index is 14.0. The first kappa shape index (κ1) is 32.6. The predicted molar refractivity (Wildman–Crippen MR) is 169 cm³/mol. The third kappa shape index (κ3) is 8.61. The number of nitrogens with one attached hydrogen (secondary N) is 1. The molecule has 0 heterocycles. The Labute approximate surface area is 262 Å². The monoisotopic (exact) mass is 612 g/mol. The number of carbonyl (C=O) groups is 3. The van der Waals surface area contributed by atoms with Crippen molar-refractivity contribution in [3.63, 3.8) is 0 Å². The number of ether oxygens (including phenoxy) is 3. The third-order valence-electron chi connectivity index (χ3n) is 7.22. The van der Waals surface area contributed by atoms with Gasteiger partial charge in [-0.25, -0.2) is 4.79 Å². The smallest absolute Gasteiger partial charge is 0.357 e. The Hall–Kier alpha value is -5.35. The van der Waals surface area contributed by atoms with Gasteiger partial charge in [0.2, 0.25) is 0 Å². The maximum atomic E-state index is 14.0. The number of hydrogen-bond donors (Lipinski definition) is 2. The zero-order chi connectivity index (χ0) is 32.2. The normalized spacial score (nSPS) is 10.6. The van der Waals surface area contributed by atoms with Gasteiger partial charge in [-0.1, -0.05) is 48.5 Å². The second-order valence-electron chi connectivity index (χ2n) is 10.0. The lowest BCUT2D eigenvalue weighted by Crippen LogP contribution is -2.35. The van der Waals surface area contributed by atoms with E-state index in [2.05, 4.69) is 5.48 Å². The summed E-state index contributed by atoms with van der Waals surface area (Å²) in [6.07, 6.45) is 0.169. The molecule has 0 fully saturated rings. The largest absolute Gasteiger partial charge is 0.497 e. The van der Waals surface area contributed by atoms with Crippen LogP contribution in [0.1, 0.15) is 38.3 Å². The van der Waals surface area contributed by atoms with Crippen molar-refractivity contribution in [1.29, 1.82) is 0 Å². The van der Waals surface area contributed by atoms with Gasteiger partial charge in [-0.15, -0.1) is 5.48 Å². The lowest BCUT2D eigenvalue weighted by Gasteiger charge is -2.24. The fraction of sp³-hybridized carbons (Fsp3) is 0.229. The number of nitrogens with zero attached hydrogens (tertiary/aromatic N) is 1. The summed E-state index contributed by atoms with van der Waals surface area (Å²) in [6.45, 7) is 0.500. The van der Waals surface area contributed by atoms with Gasteiger partial charge in [-0.3, -0.25) is 9.59 Å². The molecule has 0 spiro atoms. The molecule has 0 saturated carbocycles. The number of hydrogen-bond acceptors (Lipinski definition) is 8. The van der Waals surface area contributed by atoms with Crippen molar-refractivity contribution in [2.45, 2.75) is 19.4 Å². The molecule has 0 unspecified atom stereocenters. The van der Waals surface area contributed by atoms with Gasteiger partial charge in [0.05, 0.1) is 39.9 Å². The number of rotatable bonds is 15. The van der Waals surface area contributed by atoms with Gasteiger partial charge in [-0.2, -0.15) is 0 Å². The second-order valence-corrected chi connectivity index (χ2v) is 10.0. The van der Waals surface area contributed by atoms with Crippen molar-refractivity contribution >= 4 is 17.8 Å². The lowest BCUT2D eigenvalue weighted by molar-refractivity contribution is -0.137. The zero-order valence-corrected chi connectivity index (χ0v) is 25.4. The molecule has 4 aromatic carbocycles. The Morgan fingerprint density at radius 3 is 2.00 bits per heavy atom. The molecule has 1 amide bonds. The van der Waals surface area contributed by atoms with Gasteiger partial charge in [0.25, 0.3) is 5.91 Å². The Kier molecular flexibility index (Phi) is 11.5. The van der Waals surface area contributed by atoms with E-state index >= 15 is 0 Å². The van der Waals surface area contributed by atoms with E-state index in [1.54, 1.807) is 82.0 Å². The number of benzene rings is 4. The van der Waals surface area contributed by atoms with Crippen LogP contribution < -0.4 is 19.7 Å². The van der Waals surface area contributed by atoms with E-state index in [9.17, 15) is 19.5 Å². The van der Waals surface area contributed by atoms with Gasteiger partial charge >= 0.3 is 11.9 Å². The van der Waals surface area contributed by atoms with Crippen molar-refractivity contribution in [2.75, 3.05) is 34.4 Å². The van der Waals surface area contributed by atoms with E-state index < -0.39 is 11.9 Å². The molecule has 0 aromatic heterocycles. The lowest BCUT2D eigenvalue weighted by atomic mass is 9.94. The summed E-state index contributed by atoms with van der Waals surface area (Å²) >= 11 is 0. The third-order valence-corrected chi connectivity index (χ3v) is 7.22. The van der Waals surface area contributed by atoms with E-state index in [1.807, 2.05) is 30.3 Å². The van der Waals surface area contributed by atoms with E-state index in [-0.39, 0.29) is 37.5 Å². The highest BCUT2D eigenvalue weighted by molar-refractivity contribution is 6.05. The molecular formula is C35H36N2O8. The molecule has 0 radical (unpaired) electrons. The second kappa shape index (κ2) is 15.9. The summed E-state index contributed by atoms with van der Waals surface area (Å²) < 4.78 is 16.0. The first-order valence-corrected chi connectivity index (χ1v) is 14.3. The van der Waals surface area contributed by atoms with Crippen LogP contribution >= 0.6 is 0 Å². The molecule has 0 bridgehead atoms. The molecule has 2 N–H and O–H groups in total. The van der Waals surface area contributed by atoms with E-state index in [0.29, 0.717) is 34.6 Å². The summed E-state index contributed by atoms with van der Waals surface area (Å²) in [6, 6.07) is 26.5. The minimum absolute atomic E-state index is 0.00620. The number of carbonyl (C=O) groups excluding carboxylic acids is 2. The average Bonchev–Trinajstić information content (AvgIpc) is 3.08. The first-order valence-electron chi connectivity index (χ1n) is 14.3. The van der Waals surface area contributed by atoms with Gasteiger partial charge in [0.15, 0.2) is 0 Å². The molecule has 4 rings (SSSR count). The molecule has 45 heavy (non-hydrogen) atoms. The number of hydroxylamine groups is 1. The van der Waals surface area contributed by atoms with Crippen molar-refractivity contribution in [1.82, 2.24) is 10.4 Å². The van der Waals surface area contributed by atoms with Crippen LogP contribution in [0.3, 0.4) is 0 Å². The van der Waals surface area contributed by atoms with Crippen LogP contribution in [-0.4, -0.2) is 62.3 Å². The van der Waals surface area contributed by atoms with Crippen LogP contribution in [0.4, 0.5) is 0 Å². The van der Waals surface area contributed by atoms with Crippen molar-refractivity contribution in [2.24, 2.45) is 0 Å². The van der Waals surface area contributed by atoms with Crippen LogP contribution in [0, 0.1) is 0 Å². The molecule has 10 nitrogen and oxygen atoms in total. The Morgan fingerprint density at radius 1 is 0.733 bits per heavy atom. The molecule has 4 aromatic rings. The standard InChI is InChI=1S/C35H36N2O8/c1-42-26-14-12-24(13-15-26)23-36-45-35(41)31-11-7-5-9-29(31)28-8-4-6-10-30(28)34(40)37(21-19-33(38)39)20-18-25-22-27(43-2)16-17-32(25)44-3/h4-17,22,36H,18-21,23H2,1-3H3,(H,38,39). The minimum atomic E-state index is -1.02. The molecule has 234 valence electrons. The minimum Gasteiger partial charge on any atom is -0.497 e. The number of amides is 1. The van der Waals surface area contributed by atoms with Gasteiger partial charge in [0, 0.05) is 18.7 Å². The van der Waals surface area contributed by atoms with Gasteiger partial charge in [-0.05, 0) is 71.1 Å². The van der Waals surface area contributed by atoms with Gasteiger partial charge in [0.1, 0.15) is 17.2 Å². The summed E-state index contributed by atoms with van der Waals surface area (Å²) in [5.74, 6) is -0.00476. The Bertz CT molecular complexity index is 1620. The fourth-order valence-corrected chi connectivity index (χ4v) is 4.83. The number of methoxy groups -OCH3 is 3. The van der Waals surface area contributed by atoms with Crippen LogP contribution in [-0.2, 0) is 22.6 Å². The molecule has 0 atom stereocenters. The summed E-state index contributed by atoms with van der Waals surface area (Å²) in [4.78, 5) is 45.6. The van der Waals surface area contributed by atoms with Crippen molar-refractivity contribution in [3.05, 3.63) is 113 Å². The first-order chi connectivity index (χ1) is 21.8. The summed E-state index contributed by atoms with van der Waals surface area (Å²) in [5, 5.41) is 9.41. The maximum Gasteiger partial charge on any atom is 0.357 e. The number of aliphatic carboxylic acids is 1. The topological polar surface area (TPSA) is 124 Å². The van der Waals surface area contributed by atoms with Gasteiger partial charge < -0.3 is 29.1 Å². The molecule has 0 aliphatic rings. The van der Waals surface area contributed by atoms with Crippen molar-refractivity contribution in [3.8, 4) is 28.4 Å². The highest BCUT2D eigenvalue weighted by Crippen LogP contribution is 2.30. The van der Waals surface area contributed by atoms with Crippen LogP contribution in [0.5, 0.6) is 17.2 Å². The average molecular weight is 613 g/mol. The molecular weight excluding hydrogens is 576 g/mol. The molecule has 10 heteroatoms. The van der Waals surface area contributed by atoms with Crippen LogP contribution in [0.25, 0.3) is 11.1 Å². The quantitative estimate of drug-likeness (QED) is 0.170. The zero-order valence-electron chi connectivity index (χ0n) is 25.4. The molecule has 0 aliphatic heterocycles. The summed E-state index contributed by atoms with van der Waals surface area (Å²) in [7, 11) is 4.72. The summed E-state index contributed by atoms with van der Waals surface area (Å²) in [5.41, 5.74) is 6.02. The van der Waals surface area contributed by atoms with Crippen LogP contribution in [0.15, 0.2) is 91.0 Å². The highest BCUT2D eigenvalue weighted by Gasteiger charge is 2.23. The Morgan fingerprint density at radius 2 is 1.36 bits per heavy atom. The Balaban J connectivity index is 1.57. The molecule has 0 aliphatic carbocycles. The predicted octanol–water partition coefficient (Wildman–Crippen LogP) is 5.40. The molecule has 0 saturated heterocycles. The van der Waals surface area contributed by atoms with E-state index in [1.165, 1.54) is 4.90 Å². The van der Waals surface area contributed by atoms with Crippen LogP contribution in [0.2, 0.25) is 0 Å². The SMILES string of the molecule is COc1ccc(CNOC(=O)c2ccccc2-c2ccccc2C(=O)N(CCC(=O)O)CCc2cc(OC)ccc2OC)cc1. The highest BCUT2D eigenvalue weighted by atomic mass is 16.7. The van der Waals surface area contributed by atoms with E-state index in [4.69, 9.17) is 19.0 Å². The number of carboxylic acid groups (broad SMARTS) is 1. The van der Waals surface area contributed by atoms with Crippen molar-refractivity contribution < 1.29 is 38.5 Å². The fourth-order valence-electron chi connectivity index (χ4n) is 4.83.